The molecule has 6 nitrogen and oxygen atoms in total. The number of piperidine rings is 1. The topological polar surface area (TPSA) is 87.5 Å². The van der Waals surface area contributed by atoms with Gasteiger partial charge in [-0.3, -0.25) is 4.79 Å². The third kappa shape index (κ3) is 4.17. The number of likely N-dealkylation sites (tertiary alicyclic amines) is 1. The summed E-state index contributed by atoms with van der Waals surface area (Å²) < 4.78 is 0. The van der Waals surface area contributed by atoms with Crippen LogP contribution in [0.4, 0.5) is 10.5 Å². The van der Waals surface area contributed by atoms with Crippen LogP contribution >= 0.6 is 0 Å². The van der Waals surface area contributed by atoms with Gasteiger partial charge in [-0.15, -0.1) is 0 Å². The van der Waals surface area contributed by atoms with E-state index in [1.54, 1.807) is 0 Å². The number of carbonyl (C=O) groups excluding carboxylic acids is 2. The second-order valence-corrected chi connectivity index (χ2v) is 7.87. The molecule has 4 rings (SSSR count). The van der Waals surface area contributed by atoms with Crippen molar-refractivity contribution in [3.05, 3.63) is 65.2 Å². The van der Waals surface area contributed by atoms with E-state index in [2.05, 4.69) is 10.6 Å². The first kappa shape index (κ1) is 18.5. The first-order valence-electron chi connectivity index (χ1n) is 9.72. The van der Waals surface area contributed by atoms with Crippen LogP contribution in [0.3, 0.4) is 0 Å². The number of urea groups is 1. The predicted molar refractivity (Wildman–Crippen MR) is 109 cm³/mol. The van der Waals surface area contributed by atoms with Gasteiger partial charge in [0.15, 0.2) is 0 Å². The summed E-state index contributed by atoms with van der Waals surface area (Å²) in [7, 11) is 0. The molecule has 28 heavy (non-hydrogen) atoms. The van der Waals surface area contributed by atoms with Gasteiger partial charge in [0.05, 0.1) is 6.42 Å². The van der Waals surface area contributed by atoms with Crippen molar-refractivity contribution in [1.29, 1.82) is 0 Å². The van der Waals surface area contributed by atoms with Crippen molar-refractivity contribution in [1.82, 2.24) is 10.2 Å². The van der Waals surface area contributed by atoms with Crippen LogP contribution in [0.1, 0.15) is 16.7 Å². The van der Waals surface area contributed by atoms with Crippen molar-refractivity contribution < 1.29 is 9.59 Å². The number of nitrogens with one attached hydrogen (secondary N) is 2. The lowest BCUT2D eigenvalue weighted by Crippen LogP contribution is -2.34. The Bertz CT molecular complexity index is 851. The SMILES string of the molecule is Cc1ccc(CNC(=O)Nc2ccc(CC(=O)N3C[C@@H]4[C@@H](N)[C@@H]4C3)cc2)cc1. The Labute approximate surface area is 165 Å². The molecule has 3 amide bonds. The van der Waals surface area contributed by atoms with Crippen LogP contribution in [0.25, 0.3) is 0 Å². The Hall–Kier alpha value is -2.86. The van der Waals surface area contributed by atoms with E-state index in [9.17, 15) is 9.59 Å². The summed E-state index contributed by atoms with van der Waals surface area (Å²) in [6, 6.07) is 15.5. The van der Waals surface area contributed by atoms with Crippen LogP contribution in [-0.2, 0) is 17.8 Å². The molecule has 146 valence electrons. The number of rotatable bonds is 5. The molecule has 2 aromatic rings. The van der Waals surface area contributed by atoms with Crippen molar-refractivity contribution in [3.63, 3.8) is 0 Å². The summed E-state index contributed by atoms with van der Waals surface area (Å²) in [6.45, 7) is 4.10. The second kappa shape index (κ2) is 7.64. The van der Waals surface area contributed by atoms with Crippen LogP contribution in [-0.4, -0.2) is 36.0 Å². The first-order chi connectivity index (χ1) is 13.5. The van der Waals surface area contributed by atoms with Gasteiger partial charge in [-0.25, -0.2) is 4.79 Å². The van der Waals surface area contributed by atoms with Crippen LogP contribution in [0, 0.1) is 18.8 Å². The second-order valence-electron chi connectivity index (χ2n) is 7.87. The van der Waals surface area contributed by atoms with Crippen LogP contribution in [0.5, 0.6) is 0 Å². The molecule has 4 N–H and O–H groups in total. The van der Waals surface area contributed by atoms with Crippen molar-refractivity contribution in [2.45, 2.75) is 25.9 Å². The average Bonchev–Trinajstić information content (AvgIpc) is 3.09. The zero-order valence-corrected chi connectivity index (χ0v) is 16.0. The molecular formula is C22H26N4O2. The minimum atomic E-state index is -0.253. The van der Waals surface area contributed by atoms with Gasteiger partial charge in [0, 0.05) is 31.4 Å². The summed E-state index contributed by atoms with van der Waals surface area (Å²) in [5, 5.41) is 5.66. The summed E-state index contributed by atoms with van der Waals surface area (Å²) in [5.74, 6) is 1.17. The number of anilines is 1. The maximum atomic E-state index is 12.4. The number of nitrogens with two attached hydrogens (primary N) is 1. The van der Waals surface area contributed by atoms with E-state index in [0.717, 1.165) is 24.2 Å². The predicted octanol–water partition coefficient (Wildman–Crippen LogP) is 2.27. The largest absolute Gasteiger partial charge is 0.342 e. The molecule has 0 radical (unpaired) electrons. The molecule has 1 heterocycles. The number of aryl methyl sites for hydroxylation is 1. The highest BCUT2D eigenvalue weighted by molar-refractivity contribution is 5.89. The molecule has 0 spiro atoms. The summed E-state index contributed by atoms with van der Waals surface area (Å²) in [5.41, 5.74) is 9.81. The lowest BCUT2D eigenvalue weighted by Gasteiger charge is -2.19. The smallest absolute Gasteiger partial charge is 0.319 e. The zero-order chi connectivity index (χ0) is 19.7. The Balaban J connectivity index is 1.23. The fourth-order valence-electron chi connectivity index (χ4n) is 3.83. The van der Waals surface area contributed by atoms with E-state index in [1.807, 2.05) is 60.4 Å². The normalized spacial score (nSPS) is 22.5. The lowest BCUT2D eigenvalue weighted by atomic mass is 10.1. The van der Waals surface area contributed by atoms with Gasteiger partial charge in [-0.2, -0.15) is 0 Å². The average molecular weight is 378 g/mol. The van der Waals surface area contributed by atoms with Crippen LogP contribution in [0.2, 0.25) is 0 Å². The number of nitrogens with zero attached hydrogens (tertiary/aromatic N) is 1. The molecule has 0 aromatic heterocycles. The van der Waals surface area contributed by atoms with E-state index in [-0.39, 0.29) is 11.9 Å². The van der Waals surface area contributed by atoms with Crippen molar-refractivity contribution in [3.8, 4) is 0 Å². The van der Waals surface area contributed by atoms with Gasteiger partial charge < -0.3 is 21.3 Å². The molecule has 3 atom stereocenters. The standard InChI is InChI=1S/C22H26N4O2/c1-14-2-4-16(5-3-14)11-24-22(28)25-17-8-6-15(7-9-17)10-20(27)26-12-18-19(13-26)21(18)23/h2-9,18-19,21H,10-13,23H2,1H3,(H2,24,25,28)/t18-,19+,21+. The molecule has 1 aliphatic heterocycles. The molecule has 1 saturated carbocycles. The fourth-order valence-corrected chi connectivity index (χ4v) is 3.83. The molecule has 0 unspecified atom stereocenters. The fraction of sp³-hybridized carbons (Fsp3) is 0.364. The van der Waals surface area contributed by atoms with Gasteiger partial charge in [-0.1, -0.05) is 42.0 Å². The third-order valence-electron chi connectivity index (χ3n) is 5.75. The number of carbonyl (C=O) groups is 2. The highest BCUT2D eigenvalue weighted by Crippen LogP contribution is 2.43. The molecule has 1 saturated heterocycles. The number of amides is 3. The third-order valence-corrected chi connectivity index (χ3v) is 5.75. The summed E-state index contributed by atoms with van der Waals surface area (Å²) >= 11 is 0. The Morgan fingerprint density at radius 3 is 2.25 bits per heavy atom. The highest BCUT2D eigenvalue weighted by Gasteiger charge is 2.54. The molecule has 6 heteroatoms. The van der Waals surface area contributed by atoms with Gasteiger partial charge in [0.1, 0.15) is 0 Å². The Kier molecular flexibility index (Phi) is 5.05. The van der Waals surface area contributed by atoms with Gasteiger partial charge >= 0.3 is 6.03 Å². The van der Waals surface area contributed by atoms with Crippen molar-refractivity contribution in [2.75, 3.05) is 18.4 Å². The molecular weight excluding hydrogens is 352 g/mol. The molecule has 0 bridgehead atoms. The van der Waals surface area contributed by atoms with Crippen molar-refractivity contribution >= 4 is 17.6 Å². The number of benzene rings is 2. The zero-order valence-electron chi connectivity index (χ0n) is 16.0. The highest BCUT2D eigenvalue weighted by atomic mass is 16.2. The van der Waals surface area contributed by atoms with E-state index in [4.69, 9.17) is 5.73 Å². The van der Waals surface area contributed by atoms with E-state index in [1.165, 1.54) is 5.56 Å². The minimum absolute atomic E-state index is 0.149. The monoisotopic (exact) mass is 378 g/mol. The number of fused-ring (bicyclic) bond motifs is 1. The minimum Gasteiger partial charge on any atom is -0.342 e. The Morgan fingerprint density at radius 2 is 1.61 bits per heavy atom. The van der Waals surface area contributed by atoms with Gasteiger partial charge in [0.2, 0.25) is 5.91 Å². The van der Waals surface area contributed by atoms with Crippen LogP contribution in [0.15, 0.2) is 48.5 Å². The maximum absolute atomic E-state index is 12.4. The summed E-state index contributed by atoms with van der Waals surface area (Å²) in [6.07, 6.45) is 0.384. The van der Waals surface area contributed by atoms with E-state index >= 15 is 0 Å². The van der Waals surface area contributed by atoms with E-state index in [0.29, 0.717) is 36.5 Å². The molecule has 2 aromatic carbocycles. The van der Waals surface area contributed by atoms with E-state index < -0.39 is 0 Å². The maximum Gasteiger partial charge on any atom is 0.319 e. The van der Waals surface area contributed by atoms with Gasteiger partial charge in [0.25, 0.3) is 0 Å². The summed E-state index contributed by atoms with van der Waals surface area (Å²) in [4.78, 5) is 26.4. The lowest BCUT2D eigenvalue weighted by molar-refractivity contribution is -0.129. The first-order valence-corrected chi connectivity index (χ1v) is 9.72. The quantitative estimate of drug-likeness (QED) is 0.746. The molecule has 2 aliphatic rings. The Morgan fingerprint density at radius 1 is 1.00 bits per heavy atom. The molecule has 2 fully saturated rings. The number of hydrogen-bond donors (Lipinski definition) is 3. The van der Waals surface area contributed by atoms with Crippen LogP contribution < -0.4 is 16.4 Å². The van der Waals surface area contributed by atoms with Gasteiger partial charge in [-0.05, 0) is 42.0 Å². The molecule has 1 aliphatic carbocycles. The van der Waals surface area contributed by atoms with Crippen molar-refractivity contribution in [2.24, 2.45) is 17.6 Å². The number of hydrogen-bond acceptors (Lipinski definition) is 3.